The second-order valence-corrected chi connectivity index (χ2v) is 2.27. The van der Waals surface area contributed by atoms with E-state index in [2.05, 4.69) is 9.37 Å². The number of hydrogen-bond donors (Lipinski definition) is 0. The van der Waals surface area contributed by atoms with E-state index >= 15 is 0 Å². The Balaban J connectivity index is 0.000000132. The van der Waals surface area contributed by atoms with Gasteiger partial charge in [-0.3, -0.25) is 9.37 Å². The molecule has 0 N–H and O–H groups in total. The van der Waals surface area contributed by atoms with Crippen LogP contribution in [-0.4, -0.2) is 9.71 Å². The third kappa shape index (κ3) is 4.18. The summed E-state index contributed by atoms with van der Waals surface area (Å²) in [6.07, 6.45) is 6.90. The van der Waals surface area contributed by atoms with Crippen molar-refractivity contribution >= 4 is 11.9 Å². The van der Waals surface area contributed by atoms with Gasteiger partial charge < -0.3 is 0 Å². The molecular formula is C9H9ClN2O. The lowest BCUT2D eigenvalue weighted by Crippen LogP contribution is -1.93. The Kier molecular flexibility index (Phi) is 4.49. The van der Waals surface area contributed by atoms with Crippen molar-refractivity contribution in [3.63, 3.8) is 0 Å². The standard InChI is InChI=1S/C5H5N.C4H4ClNO/c1-2-4-6-5-3-1;5-7-6-3-1-2-4-6/h1-5H;1-4H. The monoisotopic (exact) mass is 196 g/mol. The maximum atomic E-state index is 4.93. The minimum Gasteiger partial charge on any atom is -0.296 e. The molecule has 4 heteroatoms. The molecule has 0 aromatic carbocycles. The highest BCUT2D eigenvalue weighted by Crippen LogP contribution is 1.85. The van der Waals surface area contributed by atoms with Crippen LogP contribution in [0.25, 0.3) is 0 Å². The molecule has 2 aromatic rings. The number of aromatic nitrogens is 2. The first kappa shape index (κ1) is 9.61. The van der Waals surface area contributed by atoms with E-state index in [1.54, 1.807) is 24.8 Å². The fourth-order valence-electron chi connectivity index (χ4n) is 0.677. The summed E-state index contributed by atoms with van der Waals surface area (Å²) in [6.45, 7) is 0. The molecule has 0 spiro atoms. The predicted octanol–water partition coefficient (Wildman–Crippen LogP) is 2.15. The highest BCUT2D eigenvalue weighted by molar-refractivity contribution is 6.07. The normalized spacial score (nSPS) is 8.38. The summed E-state index contributed by atoms with van der Waals surface area (Å²) in [7, 11) is 0. The van der Waals surface area contributed by atoms with Crippen LogP contribution in [0.5, 0.6) is 0 Å². The molecule has 0 aliphatic rings. The minimum absolute atomic E-state index is 1.39. The Morgan fingerprint density at radius 3 is 1.77 bits per heavy atom. The third-order valence-corrected chi connectivity index (χ3v) is 1.38. The van der Waals surface area contributed by atoms with Gasteiger partial charge in [-0.25, -0.2) is 0 Å². The predicted molar refractivity (Wildman–Crippen MR) is 51.1 cm³/mol. The highest BCUT2D eigenvalue weighted by Gasteiger charge is 1.78. The molecule has 0 amide bonds. The lowest BCUT2D eigenvalue weighted by molar-refractivity contribution is 0.305. The van der Waals surface area contributed by atoms with E-state index in [-0.39, 0.29) is 0 Å². The molecule has 0 aliphatic heterocycles. The first-order valence-electron chi connectivity index (χ1n) is 3.70. The Morgan fingerprint density at radius 2 is 1.54 bits per heavy atom. The zero-order valence-electron chi connectivity index (χ0n) is 6.88. The van der Waals surface area contributed by atoms with Crippen molar-refractivity contribution in [2.24, 2.45) is 0 Å². The van der Waals surface area contributed by atoms with Gasteiger partial charge in [-0.15, -0.1) is 0 Å². The Bertz CT molecular complexity index is 270. The molecule has 0 fully saturated rings. The second kappa shape index (κ2) is 6.08. The number of pyridine rings is 1. The van der Waals surface area contributed by atoms with Gasteiger partial charge in [0.15, 0.2) is 11.9 Å². The van der Waals surface area contributed by atoms with Crippen LogP contribution < -0.4 is 4.39 Å². The van der Waals surface area contributed by atoms with Gasteiger partial charge >= 0.3 is 0 Å². The molecule has 3 nitrogen and oxygen atoms in total. The van der Waals surface area contributed by atoms with Gasteiger partial charge in [-0.2, -0.15) is 4.73 Å². The van der Waals surface area contributed by atoms with E-state index in [9.17, 15) is 0 Å². The maximum absolute atomic E-state index is 4.93. The molecule has 68 valence electrons. The third-order valence-electron chi connectivity index (χ3n) is 1.22. The smallest absolute Gasteiger partial charge is 0.165 e. The first-order valence-corrected chi connectivity index (χ1v) is 4.01. The molecule has 0 saturated heterocycles. The molecule has 0 atom stereocenters. The topological polar surface area (TPSA) is 27.1 Å². The summed E-state index contributed by atoms with van der Waals surface area (Å²) in [6, 6.07) is 9.36. The van der Waals surface area contributed by atoms with Crippen LogP contribution >= 0.6 is 11.9 Å². The average molecular weight is 197 g/mol. The minimum atomic E-state index is 1.39. The average Bonchev–Trinajstić information content (AvgIpc) is 2.74. The molecule has 0 unspecified atom stereocenters. The lowest BCUT2D eigenvalue weighted by atomic mass is 10.5. The molecule has 0 radical (unpaired) electrons. The Labute approximate surface area is 81.7 Å². The van der Waals surface area contributed by atoms with Crippen LogP contribution in [0, 0.1) is 0 Å². The first-order chi connectivity index (χ1) is 6.43. The number of nitrogens with zero attached hydrogens (tertiary/aromatic N) is 2. The summed E-state index contributed by atoms with van der Waals surface area (Å²) in [5, 5.41) is 0. The van der Waals surface area contributed by atoms with Crippen LogP contribution in [0.3, 0.4) is 0 Å². The summed E-state index contributed by atoms with van der Waals surface area (Å²) in [4.78, 5) is 3.78. The summed E-state index contributed by atoms with van der Waals surface area (Å²) >= 11 is 4.93. The van der Waals surface area contributed by atoms with Crippen LogP contribution in [-0.2, 0) is 0 Å². The van der Waals surface area contributed by atoms with Crippen molar-refractivity contribution in [2.45, 2.75) is 0 Å². The van der Waals surface area contributed by atoms with E-state index in [0.29, 0.717) is 0 Å². The van der Waals surface area contributed by atoms with E-state index in [1.807, 2.05) is 30.3 Å². The van der Waals surface area contributed by atoms with Crippen molar-refractivity contribution in [2.75, 3.05) is 0 Å². The van der Waals surface area contributed by atoms with Gasteiger partial charge in [-0.1, -0.05) is 6.07 Å². The zero-order valence-corrected chi connectivity index (χ0v) is 7.63. The van der Waals surface area contributed by atoms with Gasteiger partial charge in [0.25, 0.3) is 0 Å². The number of halogens is 1. The van der Waals surface area contributed by atoms with Gasteiger partial charge in [-0.05, 0) is 24.3 Å². The Morgan fingerprint density at radius 1 is 0.923 bits per heavy atom. The summed E-state index contributed by atoms with van der Waals surface area (Å²) < 4.78 is 5.63. The lowest BCUT2D eigenvalue weighted by Gasteiger charge is -1.88. The van der Waals surface area contributed by atoms with E-state index in [4.69, 9.17) is 11.9 Å². The molecule has 13 heavy (non-hydrogen) atoms. The fourth-order valence-corrected chi connectivity index (χ4v) is 0.769. The van der Waals surface area contributed by atoms with E-state index in [1.165, 1.54) is 4.73 Å². The van der Waals surface area contributed by atoms with Crippen molar-refractivity contribution in [1.82, 2.24) is 9.71 Å². The van der Waals surface area contributed by atoms with E-state index in [0.717, 1.165) is 0 Å². The SMILES string of the molecule is ClOn1cccc1.c1ccncc1. The van der Waals surface area contributed by atoms with E-state index < -0.39 is 0 Å². The Hall–Kier alpha value is -1.48. The van der Waals surface area contributed by atoms with Crippen molar-refractivity contribution < 1.29 is 4.39 Å². The summed E-state index contributed by atoms with van der Waals surface area (Å²) in [5.74, 6) is 0. The van der Waals surface area contributed by atoms with Crippen molar-refractivity contribution in [1.29, 1.82) is 0 Å². The molecule has 0 saturated carbocycles. The second-order valence-electron chi connectivity index (χ2n) is 2.14. The molecule has 2 heterocycles. The van der Waals surface area contributed by atoms with Crippen LogP contribution in [0.2, 0.25) is 0 Å². The fraction of sp³-hybridized carbons (Fsp3) is 0. The number of rotatable bonds is 1. The van der Waals surface area contributed by atoms with Gasteiger partial charge in [0.2, 0.25) is 0 Å². The van der Waals surface area contributed by atoms with Gasteiger partial charge in [0.1, 0.15) is 0 Å². The quantitative estimate of drug-likeness (QED) is 0.699. The van der Waals surface area contributed by atoms with Gasteiger partial charge in [0.05, 0.1) is 0 Å². The molecule has 0 bridgehead atoms. The maximum Gasteiger partial charge on any atom is 0.165 e. The zero-order chi connectivity index (χ0) is 9.36. The van der Waals surface area contributed by atoms with Crippen molar-refractivity contribution in [3.05, 3.63) is 55.1 Å². The molecule has 2 aromatic heterocycles. The molecule has 2 rings (SSSR count). The van der Waals surface area contributed by atoms with Gasteiger partial charge in [0, 0.05) is 24.8 Å². The molecule has 0 aliphatic carbocycles. The van der Waals surface area contributed by atoms with Crippen LogP contribution in [0.1, 0.15) is 0 Å². The summed E-state index contributed by atoms with van der Waals surface area (Å²) in [5.41, 5.74) is 0. The van der Waals surface area contributed by atoms with Crippen LogP contribution in [0.4, 0.5) is 0 Å². The largest absolute Gasteiger partial charge is 0.296 e. The molecular weight excluding hydrogens is 188 g/mol. The highest BCUT2D eigenvalue weighted by atomic mass is 35.5. The van der Waals surface area contributed by atoms with Crippen molar-refractivity contribution in [3.8, 4) is 0 Å². The van der Waals surface area contributed by atoms with Crippen LogP contribution in [0.15, 0.2) is 55.1 Å². The number of hydrogen-bond acceptors (Lipinski definition) is 2.